The van der Waals surface area contributed by atoms with Gasteiger partial charge in [0.25, 0.3) is 0 Å². The molecule has 140 valence electrons. The summed E-state index contributed by atoms with van der Waals surface area (Å²) in [6.45, 7) is 8.46. The van der Waals surface area contributed by atoms with Crippen LogP contribution in [0.4, 0.5) is 5.69 Å². The van der Waals surface area contributed by atoms with Gasteiger partial charge in [0.05, 0.1) is 11.9 Å². The lowest BCUT2D eigenvalue weighted by Crippen LogP contribution is -2.35. The van der Waals surface area contributed by atoms with E-state index in [9.17, 15) is 19.5 Å². The molecule has 1 rings (SSSR count). The van der Waals surface area contributed by atoms with Gasteiger partial charge in [-0.15, -0.1) is 0 Å². The molecule has 0 spiro atoms. The van der Waals surface area contributed by atoms with Crippen LogP contribution in [0.2, 0.25) is 0 Å². The third-order valence-corrected chi connectivity index (χ3v) is 3.87. The summed E-state index contributed by atoms with van der Waals surface area (Å²) >= 11 is 0. The van der Waals surface area contributed by atoms with Crippen LogP contribution in [0.1, 0.15) is 53.4 Å². The fourth-order valence-electron chi connectivity index (χ4n) is 2.29. The number of nitrogens with zero attached hydrogens (tertiary/aromatic N) is 3. The summed E-state index contributed by atoms with van der Waals surface area (Å²) in [4.78, 5) is 37.2. The van der Waals surface area contributed by atoms with Crippen LogP contribution >= 0.6 is 0 Å². The maximum Gasteiger partial charge on any atom is 0.331 e. The first-order valence-electron chi connectivity index (χ1n) is 8.58. The van der Waals surface area contributed by atoms with E-state index in [4.69, 9.17) is 0 Å². The summed E-state index contributed by atoms with van der Waals surface area (Å²) < 4.78 is 1.28. The monoisotopic (exact) mass is 352 g/mol. The number of hydrogen-bond donors (Lipinski definition) is 2. The van der Waals surface area contributed by atoms with Gasteiger partial charge in [0.2, 0.25) is 11.8 Å². The minimum atomic E-state index is -1.21. The third kappa shape index (κ3) is 5.88. The average Bonchev–Trinajstić information content (AvgIpc) is 3.01. The molecule has 25 heavy (non-hydrogen) atoms. The first kappa shape index (κ1) is 20.7. The lowest BCUT2D eigenvalue weighted by molar-refractivity contribution is -0.146. The Morgan fingerprint density at radius 2 is 1.80 bits per heavy atom. The zero-order chi connectivity index (χ0) is 19.0. The maximum absolute atomic E-state index is 12.2. The number of nitrogens with one attached hydrogen (secondary N) is 1. The Morgan fingerprint density at radius 1 is 1.20 bits per heavy atom. The molecule has 1 aromatic heterocycles. The Balaban J connectivity index is 2.56. The van der Waals surface area contributed by atoms with Gasteiger partial charge >= 0.3 is 5.97 Å². The van der Waals surface area contributed by atoms with Gasteiger partial charge in [-0.05, 0) is 26.7 Å². The first-order valence-corrected chi connectivity index (χ1v) is 8.58. The van der Waals surface area contributed by atoms with Crippen LogP contribution in [0.25, 0.3) is 0 Å². The zero-order valence-electron chi connectivity index (χ0n) is 15.4. The van der Waals surface area contributed by atoms with E-state index in [0.29, 0.717) is 18.8 Å². The normalized spacial score (nSPS) is 11.2. The standard InChI is InChI=1S/C17H28N4O4/c1-5-9-20(10-6-2)15(23)8-7-14(22)19-13-11-18-21(12-13)17(3,4)16(24)25/h11-12H,5-10H2,1-4H3,(H,19,22)(H,24,25). The van der Waals surface area contributed by atoms with Gasteiger partial charge in [0.1, 0.15) is 0 Å². The van der Waals surface area contributed by atoms with Gasteiger partial charge in [-0.25, -0.2) is 4.79 Å². The summed E-state index contributed by atoms with van der Waals surface area (Å²) in [6.07, 6.45) is 4.86. The number of hydrogen-bond acceptors (Lipinski definition) is 4. The van der Waals surface area contributed by atoms with Crippen molar-refractivity contribution in [1.29, 1.82) is 0 Å². The van der Waals surface area contributed by atoms with Crippen molar-refractivity contribution in [2.75, 3.05) is 18.4 Å². The van der Waals surface area contributed by atoms with Gasteiger partial charge < -0.3 is 15.3 Å². The second-order valence-electron chi connectivity index (χ2n) is 6.47. The van der Waals surface area contributed by atoms with Crippen LogP contribution in [0.15, 0.2) is 12.4 Å². The van der Waals surface area contributed by atoms with Crippen molar-refractivity contribution in [2.24, 2.45) is 0 Å². The van der Waals surface area contributed by atoms with Gasteiger partial charge in [-0.2, -0.15) is 5.10 Å². The number of aliphatic carboxylic acids is 1. The number of carboxylic acids is 1. The van der Waals surface area contributed by atoms with E-state index in [1.54, 1.807) is 4.90 Å². The molecule has 0 fully saturated rings. The van der Waals surface area contributed by atoms with Crippen molar-refractivity contribution >= 4 is 23.5 Å². The van der Waals surface area contributed by atoms with Crippen molar-refractivity contribution in [1.82, 2.24) is 14.7 Å². The largest absolute Gasteiger partial charge is 0.479 e. The Bertz CT molecular complexity index is 604. The van der Waals surface area contributed by atoms with Crippen LogP contribution in [0.5, 0.6) is 0 Å². The molecule has 0 saturated carbocycles. The molecule has 2 N–H and O–H groups in total. The molecule has 0 aliphatic heterocycles. The fourth-order valence-corrected chi connectivity index (χ4v) is 2.29. The lowest BCUT2D eigenvalue weighted by atomic mass is 10.1. The molecular formula is C17H28N4O4. The molecule has 0 aliphatic carbocycles. The van der Waals surface area contributed by atoms with E-state index in [0.717, 1.165) is 12.8 Å². The Morgan fingerprint density at radius 3 is 2.32 bits per heavy atom. The molecule has 0 unspecified atom stereocenters. The van der Waals surface area contributed by atoms with E-state index in [2.05, 4.69) is 10.4 Å². The van der Waals surface area contributed by atoms with Crippen LogP contribution < -0.4 is 5.32 Å². The van der Waals surface area contributed by atoms with Crippen molar-refractivity contribution in [3.05, 3.63) is 12.4 Å². The highest BCUT2D eigenvalue weighted by Crippen LogP contribution is 2.17. The summed E-state index contributed by atoms with van der Waals surface area (Å²) in [5.74, 6) is -1.35. The van der Waals surface area contributed by atoms with E-state index in [1.165, 1.54) is 30.9 Å². The summed E-state index contributed by atoms with van der Waals surface area (Å²) in [7, 11) is 0. The average molecular weight is 352 g/mol. The first-order chi connectivity index (χ1) is 11.7. The van der Waals surface area contributed by atoms with Crippen molar-refractivity contribution in [3.8, 4) is 0 Å². The number of rotatable bonds is 10. The molecule has 0 bridgehead atoms. The smallest absolute Gasteiger partial charge is 0.331 e. The lowest BCUT2D eigenvalue weighted by Gasteiger charge is -2.21. The molecule has 1 heterocycles. The predicted molar refractivity (Wildman–Crippen MR) is 94.2 cm³/mol. The second kappa shape index (κ2) is 9.19. The quantitative estimate of drug-likeness (QED) is 0.671. The number of aromatic nitrogens is 2. The molecule has 8 heteroatoms. The highest BCUT2D eigenvalue weighted by atomic mass is 16.4. The number of anilines is 1. The predicted octanol–water partition coefficient (Wildman–Crippen LogP) is 2.07. The maximum atomic E-state index is 12.2. The van der Waals surface area contributed by atoms with E-state index >= 15 is 0 Å². The molecule has 0 saturated heterocycles. The molecule has 2 amide bonds. The number of carboxylic acid groups (broad SMARTS) is 1. The topological polar surface area (TPSA) is 105 Å². The van der Waals surface area contributed by atoms with Crippen molar-refractivity contribution in [2.45, 2.75) is 58.9 Å². The molecule has 8 nitrogen and oxygen atoms in total. The van der Waals surface area contributed by atoms with Crippen LogP contribution in [0.3, 0.4) is 0 Å². The van der Waals surface area contributed by atoms with E-state index in [-0.39, 0.29) is 24.7 Å². The molecule has 0 aromatic carbocycles. The molecule has 0 radical (unpaired) electrons. The second-order valence-corrected chi connectivity index (χ2v) is 6.47. The highest BCUT2D eigenvalue weighted by Gasteiger charge is 2.30. The number of carbonyl (C=O) groups excluding carboxylic acids is 2. The summed E-state index contributed by atoms with van der Waals surface area (Å²) in [5.41, 5.74) is -0.800. The Labute approximate surface area is 148 Å². The molecule has 0 aliphatic rings. The number of carbonyl (C=O) groups is 3. The third-order valence-electron chi connectivity index (χ3n) is 3.87. The van der Waals surface area contributed by atoms with Gasteiger partial charge in [-0.1, -0.05) is 13.8 Å². The minimum Gasteiger partial charge on any atom is -0.479 e. The summed E-state index contributed by atoms with van der Waals surface area (Å²) in [5, 5.41) is 15.8. The van der Waals surface area contributed by atoms with E-state index < -0.39 is 11.5 Å². The SMILES string of the molecule is CCCN(CCC)C(=O)CCC(=O)Nc1cnn(C(C)(C)C(=O)O)c1. The van der Waals surface area contributed by atoms with Gasteiger partial charge in [0, 0.05) is 32.1 Å². The zero-order valence-corrected chi connectivity index (χ0v) is 15.4. The van der Waals surface area contributed by atoms with E-state index in [1.807, 2.05) is 13.8 Å². The fraction of sp³-hybridized carbons (Fsp3) is 0.647. The highest BCUT2D eigenvalue weighted by molar-refractivity contribution is 5.93. The Hall–Kier alpha value is -2.38. The minimum absolute atomic E-state index is 0.0263. The molecular weight excluding hydrogens is 324 g/mol. The van der Waals surface area contributed by atoms with Gasteiger partial charge in [-0.3, -0.25) is 14.3 Å². The summed E-state index contributed by atoms with van der Waals surface area (Å²) in [6, 6.07) is 0. The van der Waals surface area contributed by atoms with Crippen molar-refractivity contribution < 1.29 is 19.5 Å². The van der Waals surface area contributed by atoms with Crippen molar-refractivity contribution in [3.63, 3.8) is 0 Å². The van der Waals surface area contributed by atoms with Crippen LogP contribution in [-0.2, 0) is 19.9 Å². The van der Waals surface area contributed by atoms with Crippen LogP contribution in [-0.4, -0.2) is 50.7 Å². The number of amides is 2. The van der Waals surface area contributed by atoms with Crippen LogP contribution in [0, 0.1) is 0 Å². The van der Waals surface area contributed by atoms with Gasteiger partial charge in [0.15, 0.2) is 5.54 Å². The molecule has 1 aromatic rings. The Kier molecular flexibility index (Phi) is 7.60. The molecule has 0 atom stereocenters.